The van der Waals surface area contributed by atoms with Crippen LogP contribution in [0.2, 0.25) is 0 Å². The second kappa shape index (κ2) is 8.14. The number of nitrogens with one attached hydrogen (secondary N) is 1. The van der Waals surface area contributed by atoms with Gasteiger partial charge >= 0.3 is 0 Å². The van der Waals surface area contributed by atoms with Crippen molar-refractivity contribution in [2.24, 2.45) is 5.14 Å². The van der Waals surface area contributed by atoms with Crippen molar-refractivity contribution in [3.63, 3.8) is 0 Å². The Morgan fingerprint density at radius 3 is 2.46 bits per heavy atom. The van der Waals surface area contributed by atoms with E-state index in [2.05, 4.69) is 21.2 Å². The molecule has 0 saturated heterocycles. The number of methoxy groups -OCH3 is 1. The summed E-state index contributed by atoms with van der Waals surface area (Å²) < 4.78 is 28.4. The van der Waals surface area contributed by atoms with Crippen LogP contribution in [-0.4, -0.2) is 21.4 Å². The Kier molecular flexibility index (Phi) is 6.15. The topological polar surface area (TPSA) is 122 Å². The minimum Gasteiger partial charge on any atom is -0.496 e. The summed E-state index contributed by atoms with van der Waals surface area (Å²) in [6, 6.07) is 12.3. The third-order valence-electron chi connectivity index (χ3n) is 3.30. The van der Waals surface area contributed by atoms with Gasteiger partial charge in [0, 0.05) is 15.7 Å². The lowest BCUT2D eigenvalue weighted by atomic mass is 10.1. The Morgan fingerprint density at radius 1 is 1.27 bits per heavy atom. The molecule has 0 saturated carbocycles. The highest BCUT2D eigenvalue weighted by Gasteiger charge is 2.13. The van der Waals surface area contributed by atoms with Gasteiger partial charge in [0.25, 0.3) is 5.91 Å². The van der Waals surface area contributed by atoms with Crippen LogP contribution >= 0.6 is 15.9 Å². The Hall–Kier alpha value is -2.67. The average molecular weight is 436 g/mol. The van der Waals surface area contributed by atoms with E-state index in [1.165, 1.54) is 37.5 Å². The molecule has 134 valence electrons. The fraction of sp³-hybridized carbons (Fsp3) is 0.0588. The molecule has 2 aromatic rings. The lowest BCUT2D eigenvalue weighted by Crippen LogP contribution is -2.14. The second-order valence-corrected chi connectivity index (χ2v) is 7.56. The lowest BCUT2D eigenvalue weighted by Gasteiger charge is -2.07. The van der Waals surface area contributed by atoms with Gasteiger partial charge in [0.1, 0.15) is 17.4 Å². The monoisotopic (exact) mass is 435 g/mol. The Morgan fingerprint density at radius 2 is 1.92 bits per heavy atom. The van der Waals surface area contributed by atoms with Crippen LogP contribution in [0.1, 0.15) is 5.56 Å². The molecule has 26 heavy (non-hydrogen) atoms. The van der Waals surface area contributed by atoms with Crippen molar-refractivity contribution in [2.75, 3.05) is 12.4 Å². The van der Waals surface area contributed by atoms with Gasteiger partial charge in [-0.3, -0.25) is 4.79 Å². The van der Waals surface area contributed by atoms with Crippen LogP contribution in [0.4, 0.5) is 5.69 Å². The molecule has 0 spiro atoms. The van der Waals surface area contributed by atoms with E-state index in [0.717, 1.165) is 4.47 Å². The molecule has 9 heteroatoms. The highest BCUT2D eigenvalue weighted by molar-refractivity contribution is 9.10. The molecule has 0 radical (unpaired) electrons. The maximum absolute atomic E-state index is 12.3. The average Bonchev–Trinajstić information content (AvgIpc) is 2.59. The van der Waals surface area contributed by atoms with E-state index >= 15 is 0 Å². The van der Waals surface area contributed by atoms with Gasteiger partial charge in [-0.1, -0.05) is 15.9 Å². The number of nitrogens with two attached hydrogens (primary N) is 1. The zero-order valence-electron chi connectivity index (χ0n) is 13.6. The minimum absolute atomic E-state index is 0.0783. The van der Waals surface area contributed by atoms with Crippen molar-refractivity contribution in [2.45, 2.75) is 4.90 Å². The maximum atomic E-state index is 12.3. The number of carbonyl (C=O) groups is 1. The van der Waals surface area contributed by atoms with E-state index in [1.807, 2.05) is 6.07 Å². The number of carbonyl (C=O) groups excluding carboxylic acids is 1. The van der Waals surface area contributed by atoms with E-state index in [-0.39, 0.29) is 10.5 Å². The summed E-state index contributed by atoms with van der Waals surface area (Å²) in [5.41, 5.74) is 0.736. The molecule has 2 aromatic carbocycles. The first-order valence-corrected chi connectivity index (χ1v) is 9.48. The largest absolute Gasteiger partial charge is 0.496 e. The first kappa shape index (κ1) is 19.7. The third kappa shape index (κ3) is 4.92. The van der Waals surface area contributed by atoms with Crippen molar-refractivity contribution in [1.29, 1.82) is 5.26 Å². The maximum Gasteiger partial charge on any atom is 0.266 e. The number of anilines is 1. The molecular weight excluding hydrogens is 422 g/mol. The predicted molar refractivity (Wildman–Crippen MR) is 101 cm³/mol. The fourth-order valence-electron chi connectivity index (χ4n) is 2.05. The lowest BCUT2D eigenvalue weighted by molar-refractivity contribution is -0.112. The van der Waals surface area contributed by atoms with E-state index in [9.17, 15) is 18.5 Å². The van der Waals surface area contributed by atoms with Gasteiger partial charge in [-0.25, -0.2) is 13.6 Å². The van der Waals surface area contributed by atoms with E-state index in [4.69, 9.17) is 9.88 Å². The zero-order valence-corrected chi connectivity index (χ0v) is 16.0. The number of primary sulfonamides is 1. The number of nitriles is 1. The van der Waals surface area contributed by atoms with Gasteiger partial charge < -0.3 is 10.1 Å². The van der Waals surface area contributed by atoms with Gasteiger partial charge in [-0.05, 0) is 48.5 Å². The Balaban J connectivity index is 2.27. The molecule has 0 aliphatic carbocycles. The molecular formula is C17H14BrN3O4S. The van der Waals surface area contributed by atoms with Crippen molar-refractivity contribution in [1.82, 2.24) is 0 Å². The van der Waals surface area contributed by atoms with Gasteiger partial charge in [0.15, 0.2) is 0 Å². The van der Waals surface area contributed by atoms with Gasteiger partial charge in [0.05, 0.1) is 12.0 Å². The highest BCUT2D eigenvalue weighted by atomic mass is 79.9. The molecule has 3 N–H and O–H groups in total. The molecule has 2 rings (SSSR count). The van der Waals surface area contributed by atoms with Crippen LogP contribution in [-0.2, 0) is 14.8 Å². The Labute approximate surface area is 159 Å². The molecule has 0 aliphatic heterocycles. The number of nitrogens with zero attached hydrogens (tertiary/aromatic N) is 1. The van der Waals surface area contributed by atoms with Crippen molar-refractivity contribution < 1.29 is 17.9 Å². The number of ether oxygens (including phenoxy) is 1. The second-order valence-electron chi connectivity index (χ2n) is 5.08. The smallest absolute Gasteiger partial charge is 0.266 e. The first-order chi connectivity index (χ1) is 12.2. The van der Waals surface area contributed by atoms with Crippen molar-refractivity contribution >= 4 is 43.6 Å². The summed E-state index contributed by atoms with van der Waals surface area (Å²) in [6.07, 6.45) is 1.40. The van der Waals surface area contributed by atoms with Crippen LogP contribution in [0, 0.1) is 11.3 Å². The third-order valence-corrected chi connectivity index (χ3v) is 4.72. The van der Waals surface area contributed by atoms with Crippen LogP contribution < -0.4 is 15.2 Å². The summed E-state index contributed by atoms with van der Waals surface area (Å²) in [5, 5.41) is 16.8. The normalized spacial score (nSPS) is 11.5. The molecule has 1 amide bonds. The molecule has 0 heterocycles. The SMILES string of the molecule is COc1ccc(Br)cc1/C=C(\C#N)C(=O)Nc1ccc(S(N)(=O)=O)cc1. The molecule has 0 atom stereocenters. The van der Waals surface area contributed by atoms with E-state index in [1.54, 1.807) is 18.2 Å². The summed E-state index contributed by atoms with van der Waals surface area (Å²) >= 11 is 3.32. The highest BCUT2D eigenvalue weighted by Crippen LogP contribution is 2.25. The number of hydrogen-bond acceptors (Lipinski definition) is 5. The van der Waals surface area contributed by atoms with Crippen molar-refractivity contribution in [3.05, 3.63) is 58.1 Å². The predicted octanol–water partition coefficient (Wildman–Crippen LogP) is 2.65. The summed E-state index contributed by atoms with van der Waals surface area (Å²) in [5.74, 6) is -0.135. The summed E-state index contributed by atoms with van der Waals surface area (Å²) in [4.78, 5) is 12.2. The fourth-order valence-corrected chi connectivity index (χ4v) is 2.94. The number of sulfonamides is 1. The quantitative estimate of drug-likeness (QED) is 0.551. The standard InChI is InChI=1S/C17H14BrN3O4S/c1-25-16-7-2-13(18)9-11(16)8-12(10-19)17(22)21-14-3-5-15(6-4-14)26(20,23)24/h2-9H,1H3,(H,21,22)(H2,20,23,24)/b12-8+. The molecule has 7 nitrogen and oxygen atoms in total. The zero-order chi connectivity index (χ0) is 19.3. The van der Waals surface area contributed by atoms with E-state index in [0.29, 0.717) is 17.0 Å². The summed E-state index contributed by atoms with van der Waals surface area (Å²) in [7, 11) is -2.33. The number of hydrogen-bond donors (Lipinski definition) is 2. The molecule has 0 aromatic heterocycles. The van der Waals surface area contributed by atoms with Crippen LogP contribution in [0.5, 0.6) is 5.75 Å². The van der Waals surface area contributed by atoms with Crippen LogP contribution in [0.15, 0.2) is 57.4 Å². The van der Waals surface area contributed by atoms with Crippen LogP contribution in [0.25, 0.3) is 6.08 Å². The molecule has 0 bridgehead atoms. The molecule has 0 fully saturated rings. The van der Waals surface area contributed by atoms with Gasteiger partial charge in [0.2, 0.25) is 10.0 Å². The molecule has 0 aliphatic rings. The first-order valence-electron chi connectivity index (χ1n) is 7.14. The molecule has 0 unspecified atom stereocenters. The summed E-state index contributed by atoms with van der Waals surface area (Å²) in [6.45, 7) is 0. The van der Waals surface area contributed by atoms with E-state index < -0.39 is 15.9 Å². The van der Waals surface area contributed by atoms with Gasteiger partial charge in [-0.15, -0.1) is 0 Å². The van der Waals surface area contributed by atoms with Crippen LogP contribution in [0.3, 0.4) is 0 Å². The van der Waals surface area contributed by atoms with Crippen molar-refractivity contribution in [3.8, 4) is 11.8 Å². The Bertz CT molecular complexity index is 1010. The number of benzene rings is 2. The number of rotatable bonds is 5. The minimum atomic E-state index is -3.82. The van der Waals surface area contributed by atoms with Gasteiger partial charge in [-0.2, -0.15) is 5.26 Å². The number of amides is 1. The number of halogens is 1.